The van der Waals surface area contributed by atoms with Gasteiger partial charge in [0.15, 0.2) is 0 Å². The Morgan fingerprint density at radius 2 is 1.83 bits per heavy atom. The third-order valence-corrected chi connectivity index (χ3v) is 2.62. The maximum atomic E-state index is 13.1. The standard InChI is InChI=1S/C14H13F2NO/c1-9-2-3-11(15)7-14(9)17-8-10-4-12(16)6-13(18)5-10/h2-7,17-18H,8H2,1H3. The van der Waals surface area contributed by atoms with Crippen LogP contribution >= 0.6 is 0 Å². The summed E-state index contributed by atoms with van der Waals surface area (Å²) < 4.78 is 26.1. The average molecular weight is 249 g/mol. The van der Waals surface area contributed by atoms with Gasteiger partial charge in [0.25, 0.3) is 0 Å². The molecule has 4 heteroatoms. The van der Waals surface area contributed by atoms with Gasteiger partial charge in [-0.15, -0.1) is 0 Å². The van der Waals surface area contributed by atoms with Crippen LogP contribution in [0.3, 0.4) is 0 Å². The molecule has 0 aromatic heterocycles. The molecule has 2 N–H and O–H groups in total. The van der Waals surface area contributed by atoms with Crippen molar-refractivity contribution in [1.29, 1.82) is 0 Å². The van der Waals surface area contributed by atoms with Gasteiger partial charge in [0.2, 0.25) is 0 Å². The third kappa shape index (κ3) is 2.97. The van der Waals surface area contributed by atoms with Crippen molar-refractivity contribution in [2.75, 3.05) is 5.32 Å². The van der Waals surface area contributed by atoms with Crippen LogP contribution in [-0.2, 0) is 6.54 Å². The summed E-state index contributed by atoms with van der Waals surface area (Å²) in [5.74, 6) is -0.948. The zero-order valence-electron chi connectivity index (χ0n) is 9.87. The highest BCUT2D eigenvalue weighted by molar-refractivity contribution is 5.51. The van der Waals surface area contributed by atoms with E-state index in [9.17, 15) is 13.9 Å². The van der Waals surface area contributed by atoms with E-state index in [4.69, 9.17) is 0 Å². The van der Waals surface area contributed by atoms with Crippen molar-refractivity contribution in [2.45, 2.75) is 13.5 Å². The Morgan fingerprint density at radius 3 is 2.56 bits per heavy atom. The molecule has 2 aromatic rings. The highest BCUT2D eigenvalue weighted by atomic mass is 19.1. The zero-order valence-corrected chi connectivity index (χ0v) is 9.87. The van der Waals surface area contributed by atoms with E-state index in [2.05, 4.69) is 5.32 Å². The van der Waals surface area contributed by atoms with Gasteiger partial charge in [0.05, 0.1) is 0 Å². The summed E-state index contributed by atoms with van der Waals surface area (Å²) in [6.07, 6.45) is 0. The van der Waals surface area contributed by atoms with Gasteiger partial charge in [-0.05, 0) is 42.3 Å². The Bertz CT molecular complexity index is 549. The summed E-state index contributed by atoms with van der Waals surface area (Å²) in [5.41, 5.74) is 2.15. The number of hydrogen-bond acceptors (Lipinski definition) is 2. The van der Waals surface area contributed by atoms with E-state index >= 15 is 0 Å². The zero-order chi connectivity index (χ0) is 13.1. The van der Waals surface area contributed by atoms with Crippen molar-refractivity contribution in [3.63, 3.8) is 0 Å². The van der Waals surface area contributed by atoms with E-state index in [1.165, 1.54) is 24.3 Å². The van der Waals surface area contributed by atoms with E-state index in [1.807, 2.05) is 6.92 Å². The maximum Gasteiger partial charge on any atom is 0.127 e. The molecule has 0 bridgehead atoms. The predicted molar refractivity (Wildman–Crippen MR) is 66.5 cm³/mol. The Kier molecular flexibility index (Phi) is 3.46. The largest absolute Gasteiger partial charge is 0.508 e. The SMILES string of the molecule is Cc1ccc(F)cc1NCc1cc(O)cc(F)c1. The fraction of sp³-hybridized carbons (Fsp3) is 0.143. The predicted octanol–water partition coefficient (Wildman–Crippen LogP) is 3.59. The van der Waals surface area contributed by atoms with Gasteiger partial charge in [-0.1, -0.05) is 6.07 Å². The van der Waals surface area contributed by atoms with E-state index < -0.39 is 5.82 Å². The summed E-state index contributed by atoms with van der Waals surface area (Å²) in [6.45, 7) is 2.17. The van der Waals surface area contributed by atoms with Crippen LogP contribution < -0.4 is 5.32 Å². The van der Waals surface area contributed by atoms with E-state index in [0.29, 0.717) is 17.8 Å². The van der Waals surface area contributed by atoms with Gasteiger partial charge in [0.1, 0.15) is 17.4 Å². The molecule has 0 saturated heterocycles. The maximum absolute atomic E-state index is 13.1. The van der Waals surface area contributed by atoms with E-state index in [-0.39, 0.29) is 11.6 Å². The lowest BCUT2D eigenvalue weighted by atomic mass is 10.1. The summed E-state index contributed by atoms with van der Waals surface area (Å²) in [4.78, 5) is 0. The molecule has 18 heavy (non-hydrogen) atoms. The number of benzene rings is 2. The van der Waals surface area contributed by atoms with Crippen molar-refractivity contribution < 1.29 is 13.9 Å². The second-order valence-corrected chi connectivity index (χ2v) is 4.13. The molecule has 0 radical (unpaired) electrons. The first kappa shape index (κ1) is 12.4. The minimum Gasteiger partial charge on any atom is -0.508 e. The molecule has 0 saturated carbocycles. The highest BCUT2D eigenvalue weighted by Crippen LogP contribution is 2.19. The minimum atomic E-state index is -0.497. The van der Waals surface area contributed by atoms with Crippen LogP contribution in [0.25, 0.3) is 0 Å². The highest BCUT2D eigenvalue weighted by Gasteiger charge is 2.02. The second kappa shape index (κ2) is 5.04. The lowest BCUT2D eigenvalue weighted by Crippen LogP contribution is -2.01. The molecule has 2 aromatic carbocycles. The lowest BCUT2D eigenvalue weighted by molar-refractivity contribution is 0.468. The van der Waals surface area contributed by atoms with Gasteiger partial charge in [-0.2, -0.15) is 0 Å². The summed E-state index contributed by atoms with van der Waals surface area (Å²) in [6, 6.07) is 8.26. The Morgan fingerprint density at radius 1 is 1.06 bits per heavy atom. The molecule has 0 aliphatic carbocycles. The molecule has 0 spiro atoms. The van der Waals surface area contributed by atoms with Gasteiger partial charge in [-0.3, -0.25) is 0 Å². The molecule has 0 atom stereocenters. The smallest absolute Gasteiger partial charge is 0.127 e. The van der Waals surface area contributed by atoms with Gasteiger partial charge in [0, 0.05) is 18.3 Å². The van der Waals surface area contributed by atoms with Crippen molar-refractivity contribution in [3.05, 3.63) is 59.2 Å². The second-order valence-electron chi connectivity index (χ2n) is 4.13. The number of aryl methyl sites for hydroxylation is 1. The molecular weight excluding hydrogens is 236 g/mol. The van der Waals surface area contributed by atoms with Crippen LogP contribution in [0.4, 0.5) is 14.5 Å². The van der Waals surface area contributed by atoms with Crippen LogP contribution in [0.1, 0.15) is 11.1 Å². The number of hydrogen-bond donors (Lipinski definition) is 2. The Labute approximate surface area is 104 Å². The molecule has 2 rings (SSSR count). The van der Waals surface area contributed by atoms with Crippen LogP contribution in [0, 0.1) is 18.6 Å². The molecule has 0 heterocycles. The lowest BCUT2D eigenvalue weighted by Gasteiger charge is -2.10. The molecule has 0 aliphatic rings. The van der Waals surface area contributed by atoms with Crippen LogP contribution in [-0.4, -0.2) is 5.11 Å². The molecule has 0 aliphatic heterocycles. The number of halogens is 2. The summed E-state index contributed by atoms with van der Waals surface area (Å²) >= 11 is 0. The molecular formula is C14H13F2NO. The number of phenols is 1. The van der Waals surface area contributed by atoms with Gasteiger partial charge >= 0.3 is 0 Å². The first-order valence-electron chi connectivity index (χ1n) is 5.53. The number of nitrogens with one attached hydrogen (secondary N) is 1. The van der Waals surface area contributed by atoms with Crippen molar-refractivity contribution in [2.24, 2.45) is 0 Å². The quantitative estimate of drug-likeness (QED) is 0.871. The van der Waals surface area contributed by atoms with Crippen LogP contribution in [0.15, 0.2) is 36.4 Å². The van der Waals surface area contributed by atoms with Crippen LogP contribution in [0.5, 0.6) is 5.75 Å². The average Bonchev–Trinajstić information content (AvgIpc) is 2.29. The molecule has 0 fully saturated rings. The number of anilines is 1. The molecule has 0 amide bonds. The topological polar surface area (TPSA) is 32.3 Å². The fourth-order valence-corrected chi connectivity index (χ4v) is 1.72. The summed E-state index contributed by atoms with van der Waals surface area (Å²) in [5, 5.41) is 12.3. The first-order chi connectivity index (χ1) is 8.54. The molecule has 94 valence electrons. The fourth-order valence-electron chi connectivity index (χ4n) is 1.72. The van der Waals surface area contributed by atoms with E-state index in [1.54, 1.807) is 6.07 Å². The summed E-state index contributed by atoms with van der Waals surface area (Å²) in [7, 11) is 0. The first-order valence-corrected chi connectivity index (χ1v) is 5.53. The molecule has 2 nitrogen and oxygen atoms in total. The van der Waals surface area contributed by atoms with Gasteiger partial charge in [-0.25, -0.2) is 8.78 Å². The van der Waals surface area contributed by atoms with Gasteiger partial charge < -0.3 is 10.4 Å². The number of phenolic OH excluding ortho intramolecular Hbond substituents is 1. The Hall–Kier alpha value is -2.10. The number of rotatable bonds is 3. The van der Waals surface area contributed by atoms with Crippen molar-refractivity contribution >= 4 is 5.69 Å². The minimum absolute atomic E-state index is 0.122. The van der Waals surface area contributed by atoms with Crippen molar-refractivity contribution in [3.8, 4) is 5.75 Å². The van der Waals surface area contributed by atoms with E-state index in [0.717, 1.165) is 11.6 Å². The Balaban J connectivity index is 2.13. The monoisotopic (exact) mass is 249 g/mol. The van der Waals surface area contributed by atoms with Crippen LogP contribution in [0.2, 0.25) is 0 Å². The normalized spacial score (nSPS) is 10.4. The number of aromatic hydroxyl groups is 1. The van der Waals surface area contributed by atoms with Crippen molar-refractivity contribution in [1.82, 2.24) is 0 Å². The molecule has 0 unspecified atom stereocenters. The third-order valence-electron chi connectivity index (χ3n) is 2.62.